The molecule has 101 heavy (non-hydrogen) atoms. The van der Waals surface area contributed by atoms with E-state index in [1.807, 2.05) is 0 Å². The SMILES string of the molecule is CO.CO.Cc1cc(C)c(S(=O)(=O)NC(CNC(=O)c2cn(CCCNC(=O)CCC(=O)NCCCOCCCNC(=O)C(CC(=O)O)NC(=O)C(CC(=O)O)NC(O)CN3CCN(CO)CCN(CO)CCN(CC(=O)O)CC3)c3cc(CNc4ncc[nH]4)ccc3c2=O)C(=O)O)c(C)c1. The molecule has 0 radical (unpaired) electrons. The first-order valence-electron chi connectivity index (χ1n) is 32.5. The highest BCUT2D eigenvalue weighted by Crippen LogP contribution is 2.22. The third-order valence-electron chi connectivity index (χ3n) is 15.5. The van der Waals surface area contributed by atoms with Gasteiger partial charge in [-0.1, -0.05) is 23.8 Å². The highest BCUT2D eigenvalue weighted by molar-refractivity contribution is 7.89. The molecule has 5 rings (SSSR count). The maximum Gasteiger partial charge on any atom is 0.323 e. The number of carboxylic acid groups (broad SMARTS) is 4. The predicted octanol–water partition coefficient (Wildman–Crippen LogP) is -4.13. The zero-order valence-corrected chi connectivity index (χ0v) is 58.3. The van der Waals surface area contributed by atoms with E-state index in [-0.39, 0.29) is 140 Å². The molecule has 1 fully saturated rings. The van der Waals surface area contributed by atoms with Gasteiger partial charge in [0.05, 0.1) is 49.3 Å². The highest BCUT2D eigenvalue weighted by atomic mass is 32.2. The van der Waals surface area contributed by atoms with Crippen molar-refractivity contribution in [2.45, 2.75) is 108 Å². The van der Waals surface area contributed by atoms with E-state index in [0.717, 1.165) is 25.3 Å². The largest absolute Gasteiger partial charge is 0.481 e. The number of fused-ring (bicyclic) bond motifs is 1. The lowest BCUT2D eigenvalue weighted by Gasteiger charge is -2.34. The molecule has 5 amide bonds. The Balaban J connectivity index is 0.00000651. The number of imidazole rings is 1. The van der Waals surface area contributed by atoms with E-state index >= 15 is 0 Å². The van der Waals surface area contributed by atoms with Crippen LogP contribution in [0, 0.1) is 20.8 Å². The molecule has 4 aromatic rings. The van der Waals surface area contributed by atoms with Crippen LogP contribution in [0.5, 0.6) is 0 Å². The number of nitrogens with zero attached hydrogens (tertiary/aromatic N) is 6. The van der Waals surface area contributed by atoms with Crippen molar-refractivity contribution in [2.24, 2.45) is 0 Å². The number of amides is 5. The predicted molar refractivity (Wildman–Crippen MR) is 365 cm³/mol. The van der Waals surface area contributed by atoms with Crippen molar-refractivity contribution in [3.63, 3.8) is 0 Å². The minimum Gasteiger partial charge on any atom is -0.481 e. The molecule has 0 bridgehead atoms. The number of aliphatic hydroxyl groups excluding tert-OH is 5. The number of carbonyl (C=O) groups is 9. The standard InChI is InChI=1S/C61H91N15O20S.2CH4O/c1-39-27-40(2)56(41(3)28-39)97(94,95)71-47(60(92)93)33-67-57(89)44-34-76(48-29-42(7-8-43(48)55(44)88)32-68-61-65-14-15-66-61)16-4-11-62-49(79)9-10-50(80)63-12-5-25-96-26-6-13-64-58(90)45(30-52(82)83)70-59(91)46(31-53(84)85)69-51(81)35-72-17-18-73(36-54(86)87)20-22-75(38-78)24-23-74(37-77)21-19-72;2*1-2/h7-8,14-15,27-29,34,45-47,51,69,71,77-78,81H,4-6,9-13,16-26,30-33,35-38H2,1-3H3,(H,62,79)(H,63,80)(H,64,90)(H,67,89)(H,70,91)(H,82,83)(H,84,85)(H,86,87)(H,92,93)(H2,65,66,68);2*2H,1H3. The van der Waals surface area contributed by atoms with E-state index in [4.69, 9.17) is 14.9 Å². The van der Waals surface area contributed by atoms with Gasteiger partial charge in [0.25, 0.3) is 5.91 Å². The van der Waals surface area contributed by atoms with Crippen LogP contribution in [0.4, 0.5) is 5.95 Å². The Hall–Kier alpha value is -8.64. The lowest BCUT2D eigenvalue weighted by atomic mass is 10.1. The molecule has 37 nitrogen and oxygen atoms in total. The second-order valence-electron chi connectivity index (χ2n) is 23.3. The number of carbonyl (C=O) groups excluding carboxylic acids is 5. The summed E-state index contributed by atoms with van der Waals surface area (Å²) in [5, 5.41) is 102. The number of benzene rings is 2. The summed E-state index contributed by atoms with van der Waals surface area (Å²) in [7, 11) is -2.38. The van der Waals surface area contributed by atoms with Crippen LogP contribution in [0.25, 0.3) is 10.9 Å². The van der Waals surface area contributed by atoms with E-state index in [1.54, 1.807) is 87.7 Å². The lowest BCUT2D eigenvalue weighted by molar-refractivity contribution is -0.143. The minimum absolute atomic E-state index is 0.0205. The van der Waals surface area contributed by atoms with Crippen molar-refractivity contribution in [3.05, 3.63) is 87.0 Å². The number of ether oxygens (including phenoxy) is 1. The molecule has 0 saturated carbocycles. The molecule has 1 aliphatic heterocycles. The number of rotatable bonds is 40. The quantitative estimate of drug-likeness (QED) is 0.0149. The van der Waals surface area contributed by atoms with Crippen molar-refractivity contribution >= 4 is 80.3 Å². The van der Waals surface area contributed by atoms with Crippen LogP contribution in [0.2, 0.25) is 0 Å². The molecular formula is C63H99N15O22S. The number of sulfonamides is 1. The fraction of sp³-hybridized carbons (Fsp3) is 0.571. The average Bonchev–Trinajstić information content (AvgIpc) is 0.857. The number of pyridine rings is 1. The Labute approximate surface area is 584 Å². The van der Waals surface area contributed by atoms with Crippen LogP contribution >= 0.6 is 0 Å². The van der Waals surface area contributed by atoms with Crippen LogP contribution in [-0.4, -0.2) is 299 Å². The number of aliphatic hydroxyl groups is 5. The Morgan fingerprint density at radius 1 is 0.663 bits per heavy atom. The van der Waals surface area contributed by atoms with Gasteiger partial charge >= 0.3 is 23.9 Å². The Morgan fingerprint density at radius 3 is 1.74 bits per heavy atom. The normalized spacial score (nSPS) is 14.7. The maximum atomic E-state index is 13.9. The number of β-amino-alcohol motifs (C(OH)–C–C–N with tert-alkyl or cyclic N) is 1. The van der Waals surface area contributed by atoms with Gasteiger partial charge in [-0.15, -0.1) is 0 Å². The topological polar surface area (TPSA) is 539 Å². The summed E-state index contributed by atoms with van der Waals surface area (Å²) in [6, 6.07) is 3.15. The van der Waals surface area contributed by atoms with E-state index in [2.05, 4.69) is 51.9 Å². The minimum atomic E-state index is -4.38. The van der Waals surface area contributed by atoms with Gasteiger partial charge in [-0.2, -0.15) is 4.72 Å². The number of H-pyrrole nitrogens is 1. The summed E-state index contributed by atoms with van der Waals surface area (Å²) in [4.78, 5) is 141. The van der Waals surface area contributed by atoms with Gasteiger partial charge in [0, 0.05) is 162 Å². The second kappa shape index (κ2) is 46.0. The molecule has 4 atom stereocenters. The smallest absolute Gasteiger partial charge is 0.323 e. The zero-order chi connectivity index (χ0) is 75.2. The molecule has 0 aliphatic carbocycles. The van der Waals surface area contributed by atoms with Gasteiger partial charge in [0.1, 0.15) is 23.9 Å². The fourth-order valence-electron chi connectivity index (χ4n) is 10.6. The maximum absolute atomic E-state index is 13.9. The van der Waals surface area contributed by atoms with Gasteiger partial charge < -0.3 is 92.1 Å². The van der Waals surface area contributed by atoms with Gasteiger partial charge in [-0.3, -0.25) is 72.9 Å². The van der Waals surface area contributed by atoms with Crippen LogP contribution in [-0.2, 0) is 66.2 Å². The number of nitrogens with one attached hydrogen (secondary N) is 9. The summed E-state index contributed by atoms with van der Waals surface area (Å²) in [6.07, 6.45) is 1.82. The van der Waals surface area contributed by atoms with Crippen LogP contribution in [0.1, 0.15) is 77.6 Å². The Morgan fingerprint density at radius 2 is 1.21 bits per heavy atom. The number of aromatic amines is 1. The molecule has 3 heterocycles. The first-order valence-corrected chi connectivity index (χ1v) is 33.9. The summed E-state index contributed by atoms with van der Waals surface area (Å²) in [6.45, 7) is 6.51. The summed E-state index contributed by atoms with van der Waals surface area (Å²) < 4.78 is 36.3. The molecular weight excluding hydrogens is 1350 g/mol. The fourth-order valence-corrected chi connectivity index (χ4v) is 12.3. The first-order chi connectivity index (χ1) is 48.2. The third kappa shape index (κ3) is 31.4. The summed E-state index contributed by atoms with van der Waals surface area (Å²) in [5.74, 6) is -8.84. The van der Waals surface area contributed by atoms with Crippen molar-refractivity contribution in [1.82, 2.24) is 70.8 Å². The molecule has 38 heteroatoms. The van der Waals surface area contributed by atoms with Gasteiger partial charge in [0.2, 0.25) is 39.1 Å². The highest BCUT2D eigenvalue weighted by Gasteiger charge is 2.32. The van der Waals surface area contributed by atoms with E-state index in [0.29, 0.717) is 55.2 Å². The van der Waals surface area contributed by atoms with Crippen molar-refractivity contribution in [1.29, 1.82) is 0 Å². The van der Waals surface area contributed by atoms with E-state index in [1.165, 1.54) is 6.20 Å². The van der Waals surface area contributed by atoms with Crippen molar-refractivity contribution < 1.29 is 102 Å². The number of aliphatic carboxylic acids is 4. The van der Waals surface area contributed by atoms with Crippen LogP contribution < -0.4 is 47.4 Å². The average molecular weight is 1450 g/mol. The first kappa shape index (κ1) is 86.6. The van der Waals surface area contributed by atoms with E-state index in [9.17, 15) is 92.1 Å². The van der Waals surface area contributed by atoms with Gasteiger partial charge in [-0.05, 0) is 68.9 Å². The monoisotopic (exact) mass is 1450 g/mol. The van der Waals surface area contributed by atoms with Gasteiger partial charge in [-0.25, -0.2) is 13.4 Å². The number of carboxylic acids is 4. The molecule has 4 unspecified atom stereocenters. The molecule has 18 N–H and O–H groups in total. The molecule has 0 spiro atoms. The van der Waals surface area contributed by atoms with Gasteiger partial charge in [0.15, 0.2) is 5.95 Å². The van der Waals surface area contributed by atoms with Crippen LogP contribution in [0.15, 0.2) is 58.6 Å². The van der Waals surface area contributed by atoms with Crippen molar-refractivity contribution in [3.8, 4) is 0 Å². The molecule has 1 aliphatic rings. The van der Waals surface area contributed by atoms with E-state index < -0.39 is 113 Å². The number of hydrogen-bond donors (Lipinski definition) is 18. The number of aryl methyl sites for hydroxylation is 4. The Kier molecular flexibility index (Phi) is 39.4. The third-order valence-corrected chi connectivity index (χ3v) is 17.3. The second-order valence-corrected chi connectivity index (χ2v) is 25.0. The molecule has 2 aromatic carbocycles. The lowest BCUT2D eigenvalue weighted by Crippen LogP contribution is -2.57. The number of hydrogen-bond acceptors (Lipinski definition) is 25. The van der Waals surface area contributed by atoms with Crippen molar-refractivity contribution in [2.75, 3.05) is 138 Å². The molecule has 564 valence electrons. The summed E-state index contributed by atoms with van der Waals surface area (Å²) in [5.41, 5.74) is 1.76. The molecule has 1 saturated heterocycles. The Bertz CT molecular complexity index is 3470. The van der Waals surface area contributed by atoms with Crippen LogP contribution in [0.3, 0.4) is 0 Å². The number of aromatic nitrogens is 3. The summed E-state index contributed by atoms with van der Waals surface area (Å²) >= 11 is 0. The molecule has 2 aromatic heterocycles. The number of anilines is 1. The zero-order valence-electron chi connectivity index (χ0n) is 57.4.